The van der Waals surface area contributed by atoms with Crippen molar-refractivity contribution in [3.8, 4) is 5.75 Å². The van der Waals surface area contributed by atoms with Gasteiger partial charge in [0.25, 0.3) is 5.91 Å². The lowest BCUT2D eigenvalue weighted by Crippen LogP contribution is -2.13. The lowest BCUT2D eigenvalue weighted by molar-refractivity contribution is 0.101. The standard InChI is InChI=1S/C22H21N3O3/c1-3-28-21-10-5-4-9-20(21)24-19-12-17(13-23-14-19)22(27)25-18-8-6-7-16(11-18)15(2)26/h4-14,24H,3H2,1-2H3,(H,25,27). The zero-order valence-corrected chi connectivity index (χ0v) is 15.7. The molecule has 2 aromatic carbocycles. The monoisotopic (exact) mass is 375 g/mol. The lowest BCUT2D eigenvalue weighted by atomic mass is 10.1. The molecule has 6 heteroatoms. The maximum atomic E-state index is 12.6. The zero-order chi connectivity index (χ0) is 19.9. The number of carbonyl (C=O) groups is 2. The Morgan fingerprint density at radius 3 is 2.54 bits per heavy atom. The van der Waals surface area contributed by atoms with Gasteiger partial charge in [-0.1, -0.05) is 24.3 Å². The van der Waals surface area contributed by atoms with E-state index in [1.807, 2.05) is 31.2 Å². The molecule has 1 heterocycles. The number of nitrogens with one attached hydrogen (secondary N) is 2. The van der Waals surface area contributed by atoms with Crippen molar-refractivity contribution < 1.29 is 14.3 Å². The van der Waals surface area contributed by atoms with Gasteiger partial charge in [-0.15, -0.1) is 0 Å². The number of para-hydroxylation sites is 2. The summed E-state index contributed by atoms with van der Waals surface area (Å²) in [6.45, 7) is 3.96. The number of anilines is 3. The Balaban J connectivity index is 1.77. The van der Waals surface area contributed by atoms with E-state index in [4.69, 9.17) is 4.74 Å². The van der Waals surface area contributed by atoms with E-state index in [2.05, 4.69) is 15.6 Å². The molecule has 1 amide bonds. The Morgan fingerprint density at radius 2 is 1.75 bits per heavy atom. The van der Waals surface area contributed by atoms with Crippen molar-refractivity contribution in [2.45, 2.75) is 13.8 Å². The minimum atomic E-state index is -0.310. The summed E-state index contributed by atoms with van der Waals surface area (Å²) in [7, 11) is 0. The number of ether oxygens (including phenoxy) is 1. The normalized spacial score (nSPS) is 10.2. The zero-order valence-electron chi connectivity index (χ0n) is 15.7. The molecule has 2 N–H and O–H groups in total. The highest BCUT2D eigenvalue weighted by atomic mass is 16.5. The average molecular weight is 375 g/mol. The van der Waals surface area contributed by atoms with Gasteiger partial charge < -0.3 is 15.4 Å². The maximum Gasteiger partial charge on any atom is 0.257 e. The number of ketones is 1. The molecule has 0 unspecified atom stereocenters. The fourth-order valence-electron chi connectivity index (χ4n) is 2.66. The molecule has 0 fully saturated rings. The summed E-state index contributed by atoms with van der Waals surface area (Å²) in [6, 6.07) is 16.1. The van der Waals surface area contributed by atoms with E-state index in [0.29, 0.717) is 29.1 Å². The number of benzene rings is 2. The molecule has 0 saturated carbocycles. The second-order valence-electron chi connectivity index (χ2n) is 6.11. The summed E-state index contributed by atoms with van der Waals surface area (Å²) in [4.78, 5) is 28.2. The summed E-state index contributed by atoms with van der Waals surface area (Å²) in [5.41, 5.74) is 2.94. The van der Waals surface area contributed by atoms with Crippen LogP contribution in [-0.2, 0) is 0 Å². The highest BCUT2D eigenvalue weighted by Gasteiger charge is 2.10. The van der Waals surface area contributed by atoms with Gasteiger partial charge >= 0.3 is 0 Å². The first-order valence-electron chi connectivity index (χ1n) is 8.93. The molecule has 1 aromatic heterocycles. The van der Waals surface area contributed by atoms with Gasteiger partial charge in [0.1, 0.15) is 5.75 Å². The summed E-state index contributed by atoms with van der Waals surface area (Å²) in [5.74, 6) is 0.354. The van der Waals surface area contributed by atoms with Crippen LogP contribution in [0.5, 0.6) is 5.75 Å². The Morgan fingerprint density at radius 1 is 0.964 bits per heavy atom. The van der Waals surface area contributed by atoms with Gasteiger partial charge in [-0.05, 0) is 44.2 Å². The van der Waals surface area contributed by atoms with Crippen LogP contribution in [0.3, 0.4) is 0 Å². The fraction of sp³-hybridized carbons (Fsp3) is 0.136. The number of hydrogen-bond acceptors (Lipinski definition) is 5. The summed E-state index contributed by atoms with van der Waals surface area (Å²) >= 11 is 0. The van der Waals surface area contributed by atoms with Gasteiger partial charge in [-0.3, -0.25) is 14.6 Å². The van der Waals surface area contributed by atoms with Crippen LogP contribution < -0.4 is 15.4 Å². The van der Waals surface area contributed by atoms with Crippen molar-refractivity contribution in [1.82, 2.24) is 4.98 Å². The maximum absolute atomic E-state index is 12.6. The van der Waals surface area contributed by atoms with E-state index < -0.39 is 0 Å². The van der Waals surface area contributed by atoms with Crippen LogP contribution in [0.25, 0.3) is 0 Å². The van der Waals surface area contributed by atoms with E-state index in [9.17, 15) is 9.59 Å². The first-order valence-corrected chi connectivity index (χ1v) is 8.93. The molecule has 0 radical (unpaired) electrons. The number of pyridine rings is 1. The van der Waals surface area contributed by atoms with E-state index in [0.717, 1.165) is 11.4 Å². The Hall–Kier alpha value is -3.67. The molecule has 0 saturated heterocycles. The average Bonchev–Trinajstić information content (AvgIpc) is 2.70. The molecule has 0 bridgehead atoms. The summed E-state index contributed by atoms with van der Waals surface area (Å²) in [5, 5.41) is 6.02. The SMILES string of the molecule is CCOc1ccccc1Nc1cncc(C(=O)Nc2cccc(C(C)=O)c2)c1. The van der Waals surface area contributed by atoms with Gasteiger partial charge in [0.15, 0.2) is 5.78 Å². The molecule has 3 aromatic rings. The van der Waals surface area contributed by atoms with Gasteiger partial charge in [0.05, 0.1) is 29.7 Å². The minimum absolute atomic E-state index is 0.0584. The van der Waals surface area contributed by atoms with E-state index in [1.165, 1.54) is 13.1 Å². The van der Waals surface area contributed by atoms with Crippen molar-refractivity contribution in [1.29, 1.82) is 0 Å². The van der Waals surface area contributed by atoms with Crippen molar-refractivity contribution in [2.24, 2.45) is 0 Å². The topological polar surface area (TPSA) is 80.3 Å². The van der Waals surface area contributed by atoms with E-state index in [-0.39, 0.29) is 11.7 Å². The minimum Gasteiger partial charge on any atom is -0.492 e. The number of amides is 1. The third kappa shape index (κ3) is 4.73. The number of Topliss-reactive ketones (excluding diaryl/α,β-unsaturated/α-hetero) is 1. The molecule has 0 aliphatic rings. The van der Waals surface area contributed by atoms with Crippen LogP contribution in [-0.4, -0.2) is 23.3 Å². The van der Waals surface area contributed by atoms with Crippen molar-refractivity contribution in [3.63, 3.8) is 0 Å². The second kappa shape index (κ2) is 8.81. The highest BCUT2D eigenvalue weighted by molar-refractivity contribution is 6.05. The molecule has 28 heavy (non-hydrogen) atoms. The highest BCUT2D eigenvalue weighted by Crippen LogP contribution is 2.27. The smallest absolute Gasteiger partial charge is 0.257 e. The van der Waals surface area contributed by atoms with Gasteiger partial charge in [0, 0.05) is 17.4 Å². The molecule has 0 spiro atoms. The number of rotatable bonds is 7. The number of hydrogen-bond donors (Lipinski definition) is 2. The van der Waals surface area contributed by atoms with Gasteiger partial charge in [0.2, 0.25) is 0 Å². The van der Waals surface area contributed by atoms with Crippen LogP contribution in [0.4, 0.5) is 17.1 Å². The second-order valence-corrected chi connectivity index (χ2v) is 6.11. The molecular formula is C22H21N3O3. The van der Waals surface area contributed by atoms with Crippen LogP contribution in [0.1, 0.15) is 34.6 Å². The first-order chi connectivity index (χ1) is 13.6. The Kier molecular flexibility index (Phi) is 6.01. The first kappa shape index (κ1) is 19.1. The summed E-state index contributed by atoms with van der Waals surface area (Å²) in [6.07, 6.45) is 3.12. The summed E-state index contributed by atoms with van der Waals surface area (Å²) < 4.78 is 5.61. The molecule has 0 aliphatic carbocycles. The van der Waals surface area contributed by atoms with Crippen molar-refractivity contribution in [2.75, 3.05) is 17.2 Å². The molecule has 6 nitrogen and oxygen atoms in total. The predicted octanol–water partition coefficient (Wildman–Crippen LogP) is 4.68. The van der Waals surface area contributed by atoms with Crippen LogP contribution >= 0.6 is 0 Å². The quantitative estimate of drug-likeness (QED) is 0.586. The Labute approximate surface area is 163 Å². The molecule has 142 valence electrons. The van der Waals surface area contributed by atoms with Crippen LogP contribution in [0.15, 0.2) is 67.0 Å². The van der Waals surface area contributed by atoms with Crippen molar-refractivity contribution in [3.05, 3.63) is 78.1 Å². The Bertz CT molecular complexity index is 1000. The predicted molar refractivity (Wildman–Crippen MR) is 110 cm³/mol. The lowest BCUT2D eigenvalue weighted by Gasteiger charge is -2.13. The number of carbonyl (C=O) groups excluding carboxylic acids is 2. The molecule has 0 atom stereocenters. The number of aromatic nitrogens is 1. The van der Waals surface area contributed by atoms with Crippen LogP contribution in [0.2, 0.25) is 0 Å². The van der Waals surface area contributed by atoms with Gasteiger partial charge in [-0.25, -0.2) is 0 Å². The molecule has 3 rings (SSSR count). The largest absolute Gasteiger partial charge is 0.492 e. The third-order valence-electron chi connectivity index (χ3n) is 3.99. The van der Waals surface area contributed by atoms with E-state index >= 15 is 0 Å². The third-order valence-corrected chi connectivity index (χ3v) is 3.99. The van der Waals surface area contributed by atoms with Gasteiger partial charge in [-0.2, -0.15) is 0 Å². The van der Waals surface area contributed by atoms with E-state index in [1.54, 1.807) is 36.5 Å². The molecule has 0 aliphatic heterocycles. The number of nitrogens with zero attached hydrogens (tertiary/aromatic N) is 1. The fourth-order valence-corrected chi connectivity index (χ4v) is 2.66. The van der Waals surface area contributed by atoms with Crippen molar-refractivity contribution >= 4 is 28.8 Å². The van der Waals surface area contributed by atoms with Crippen LogP contribution in [0, 0.1) is 0 Å². The molecular weight excluding hydrogens is 354 g/mol.